The number of nitro benzene ring substituents is 1. The first-order valence-electron chi connectivity index (χ1n) is 5.72. The highest BCUT2D eigenvalue weighted by molar-refractivity contribution is 5.89. The average molecular weight is 246 g/mol. The van der Waals surface area contributed by atoms with Gasteiger partial charge in [0.2, 0.25) is 0 Å². The number of fused-ring (bicyclic) bond motifs is 1. The van der Waals surface area contributed by atoms with Gasteiger partial charge in [-0.05, 0) is 31.2 Å². The number of hydrogen-bond donors (Lipinski definition) is 1. The largest absolute Gasteiger partial charge is 0.393 e. The molecule has 0 aliphatic carbocycles. The molecule has 0 amide bonds. The maximum absolute atomic E-state index is 11.3. The van der Waals surface area contributed by atoms with Crippen LogP contribution in [-0.4, -0.2) is 21.1 Å². The smallest absolute Gasteiger partial charge is 0.282 e. The van der Waals surface area contributed by atoms with Crippen LogP contribution in [0.1, 0.15) is 25.3 Å². The SMILES string of the molecule is CC(O)C(C)c1ccc2ncccc2c1[N+](=O)[O-]. The van der Waals surface area contributed by atoms with Gasteiger partial charge in [0.05, 0.1) is 21.9 Å². The van der Waals surface area contributed by atoms with Crippen molar-refractivity contribution in [1.82, 2.24) is 4.98 Å². The molecular weight excluding hydrogens is 232 g/mol. The Morgan fingerprint density at radius 2 is 2.06 bits per heavy atom. The lowest BCUT2D eigenvalue weighted by atomic mass is 9.93. The first-order chi connectivity index (χ1) is 8.52. The van der Waals surface area contributed by atoms with Gasteiger partial charge in [-0.2, -0.15) is 0 Å². The van der Waals surface area contributed by atoms with Crippen LogP contribution in [0, 0.1) is 10.1 Å². The van der Waals surface area contributed by atoms with E-state index in [0.717, 1.165) is 0 Å². The molecule has 1 aromatic carbocycles. The van der Waals surface area contributed by atoms with Gasteiger partial charge in [-0.25, -0.2) is 0 Å². The number of aliphatic hydroxyl groups excluding tert-OH is 1. The first-order valence-corrected chi connectivity index (χ1v) is 5.72. The highest BCUT2D eigenvalue weighted by Gasteiger charge is 2.24. The van der Waals surface area contributed by atoms with Gasteiger partial charge in [0.25, 0.3) is 5.69 Å². The molecule has 0 saturated carbocycles. The zero-order chi connectivity index (χ0) is 13.3. The predicted molar refractivity (Wildman–Crippen MR) is 68.5 cm³/mol. The van der Waals surface area contributed by atoms with Gasteiger partial charge < -0.3 is 5.11 Å². The molecule has 2 aromatic rings. The van der Waals surface area contributed by atoms with Crippen LogP contribution in [0.25, 0.3) is 10.9 Å². The van der Waals surface area contributed by atoms with Gasteiger partial charge in [0, 0.05) is 17.7 Å². The van der Waals surface area contributed by atoms with Crippen LogP contribution in [0.5, 0.6) is 0 Å². The van der Waals surface area contributed by atoms with Crippen LogP contribution in [0.4, 0.5) is 5.69 Å². The number of aliphatic hydroxyl groups is 1. The zero-order valence-electron chi connectivity index (χ0n) is 10.2. The number of pyridine rings is 1. The summed E-state index contributed by atoms with van der Waals surface area (Å²) >= 11 is 0. The van der Waals surface area contributed by atoms with Crippen molar-refractivity contribution in [3.63, 3.8) is 0 Å². The maximum Gasteiger partial charge on any atom is 0.282 e. The third kappa shape index (κ3) is 2.04. The molecule has 0 bridgehead atoms. The van der Waals surface area contributed by atoms with E-state index in [1.807, 2.05) is 0 Å². The zero-order valence-corrected chi connectivity index (χ0v) is 10.2. The van der Waals surface area contributed by atoms with Crippen molar-refractivity contribution >= 4 is 16.6 Å². The third-order valence-corrected chi connectivity index (χ3v) is 3.18. The number of rotatable bonds is 3. The Bertz CT molecular complexity index is 596. The van der Waals surface area contributed by atoms with Gasteiger partial charge >= 0.3 is 0 Å². The summed E-state index contributed by atoms with van der Waals surface area (Å²) in [6, 6.07) is 6.77. The minimum absolute atomic E-state index is 0.0361. The second-order valence-corrected chi connectivity index (χ2v) is 4.36. The monoisotopic (exact) mass is 246 g/mol. The first kappa shape index (κ1) is 12.4. The molecule has 2 atom stereocenters. The Labute approximate surface area is 104 Å². The molecule has 5 nitrogen and oxygen atoms in total. The van der Waals surface area contributed by atoms with Crippen molar-refractivity contribution in [3.05, 3.63) is 46.1 Å². The number of benzene rings is 1. The van der Waals surface area contributed by atoms with E-state index in [2.05, 4.69) is 4.98 Å². The van der Waals surface area contributed by atoms with Crippen LogP contribution in [0.15, 0.2) is 30.5 Å². The van der Waals surface area contributed by atoms with E-state index in [1.54, 1.807) is 44.3 Å². The average Bonchev–Trinajstić information content (AvgIpc) is 2.36. The Morgan fingerprint density at radius 3 is 2.67 bits per heavy atom. The molecule has 1 N–H and O–H groups in total. The lowest BCUT2D eigenvalue weighted by Gasteiger charge is -2.15. The fourth-order valence-corrected chi connectivity index (χ4v) is 1.98. The summed E-state index contributed by atoms with van der Waals surface area (Å²) in [7, 11) is 0. The number of hydrogen-bond acceptors (Lipinski definition) is 4. The minimum Gasteiger partial charge on any atom is -0.393 e. The summed E-state index contributed by atoms with van der Waals surface area (Å²) < 4.78 is 0. The van der Waals surface area contributed by atoms with Gasteiger partial charge in [-0.15, -0.1) is 0 Å². The van der Waals surface area contributed by atoms with E-state index in [0.29, 0.717) is 16.5 Å². The Hall–Kier alpha value is -2.01. The van der Waals surface area contributed by atoms with Gasteiger partial charge in [0.15, 0.2) is 0 Å². The molecule has 0 saturated heterocycles. The highest BCUT2D eigenvalue weighted by atomic mass is 16.6. The second kappa shape index (κ2) is 4.70. The third-order valence-electron chi connectivity index (χ3n) is 3.18. The summed E-state index contributed by atoms with van der Waals surface area (Å²) in [4.78, 5) is 15.0. The molecule has 1 aromatic heterocycles. The molecule has 2 rings (SSSR count). The molecule has 1 heterocycles. The number of nitrogens with zero attached hydrogens (tertiary/aromatic N) is 2. The normalized spacial score (nSPS) is 14.4. The lowest BCUT2D eigenvalue weighted by Crippen LogP contribution is -2.13. The molecule has 0 radical (unpaired) electrons. The maximum atomic E-state index is 11.3. The van der Waals surface area contributed by atoms with E-state index in [-0.39, 0.29) is 11.6 Å². The molecule has 5 heteroatoms. The van der Waals surface area contributed by atoms with Gasteiger partial charge in [-0.1, -0.05) is 6.92 Å². The number of aromatic nitrogens is 1. The van der Waals surface area contributed by atoms with Crippen molar-refractivity contribution in [2.75, 3.05) is 0 Å². The van der Waals surface area contributed by atoms with E-state index >= 15 is 0 Å². The Kier molecular flexibility index (Phi) is 3.25. The van der Waals surface area contributed by atoms with Crippen LogP contribution >= 0.6 is 0 Å². The molecule has 2 unspecified atom stereocenters. The fourth-order valence-electron chi connectivity index (χ4n) is 1.98. The van der Waals surface area contributed by atoms with E-state index in [9.17, 15) is 15.2 Å². The topological polar surface area (TPSA) is 76.3 Å². The van der Waals surface area contributed by atoms with E-state index in [4.69, 9.17) is 0 Å². The minimum atomic E-state index is -0.641. The summed E-state index contributed by atoms with van der Waals surface area (Å²) in [5.41, 5.74) is 1.16. The van der Waals surface area contributed by atoms with Gasteiger partial charge in [0.1, 0.15) is 0 Å². The highest BCUT2D eigenvalue weighted by Crippen LogP contribution is 2.34. The summed E-state index contributed by atoms with van der Waals surface area (Å²) in [6.07, 6.45) is 0.960. The molecular formula is C13H14N2O3. The summed E-state index contributed by atoms with van der Waals surface area (Å²) in [6.45, 7) is 3.40. The van der Waals surface area contributed by atoms with Gasteiger partial charge in [-0.3, -0.25) is 15.1 Å². The van der Waals surface area contributed by atoms with E-state index < -0.39 is 11.0 Å². The van der Waals surface area contributed by atoms with Crippen LogP contribution in [0.3, 0.4) is 0 Å². The Morgan fingerprint density at radius 1 is 1.33 bits per heavy atom. The van der Waals surface area contributed by atoms with Crippen molar-refractivity contribution in [3.8, 4) is 0 Å². The Balaban J connectivity index is 2.74. The van der Waals surface area contributed by atoms with Crippen molar-refractivity contribution in [1.29, 1.82) is 0 Å². The number of nitro groups is 1. The molecule has 0 spiro atoms. The summed E-state index contributed by atoms with van der Waals surface area (Å²) in [5.74, 6) is -0.296. The molecule has 0 aliphatic rings. The molecule has 18 heavy (non-hydrogen) atoms. The molecule has 94 valence electrons. The van der Waals surface area contributed by atoms with Crippen LogP contribution in [0.2, 0.25) is 0 Å². The van der Waals surface area contributed by atoms with E-state index in [1.165, 1.54) is 0 Å². The van der Waals surface area contributed by atoms with Crippen LogP contribution < -0.4 is 0 Å². The van der Waals surface area contributed by atoms with Crippen molar-refractivity contribution < 1.29 is 10.0 Å². The predicted octanol–water partition coefficient (Wildman–Crippen LogP) is 2.63. The molecule has 0 aliphatic heterocycles. The molecule has 0 fully saturated rings. The summed E-state index contributed by atoms with van der Waals surface area (Å²) in [5, 5.41) is 21.4. The second-order valence-electron chi connectivity index (χ2n) is 4.36. The fraction of sp³-hybridized carbons (Fsp3) is 0.308. The van der Waals surface area contributed by atoms with Crippen molar-refractivity contribution in [2.24, 2.45) is 0 Å². The van der Waals surface area contributed by atoms with Crippen LogP contribution in [-0.2, 0) is 0 Å². The van der Waals surface area contributed by atoms with Crippen molar-refractivity contribution in [2.45, 2.75) is 25.9 Å². The lowest BCUT2D eigenvalue weighted by molar-refractivity contribution is -0.384. The standard InChI is InChI=1S/C13H14N2O3/c1-8(9(2)16)10-5-6-12-11(4-3-7-14-12)13(10)15(17)18/h3-9,16H,1-2H3. The quantitative estimate of drug-likeness (QED) is 0.667.